The fraction of sp³-hybridized carbons (Fsp3) is 0.0417. The molecule has 154 valence electrons. The van der Waals surface area contributed by atoms with Crippen LogP contribution in [0.15, 0.2) is 81.4 Å². The van der Waals surface area contributed by atoms with E-state index < -0.39 is 6.04 Å². The van der Waals surface area contributed by atoms with E-state index in [4.69, 9.17) is 18.1 Å². The van der Waals surface area contributed by atoms with Crippen LogP contribution in [0.4, 0.5) is 5.00 Å². The third kappa shape index (κ3) is 4.42. The van der Waals surface area contributed by atoms with Crippen LogP contribution in [0.3, 0.4) is 0 Å². The van der Waals surface area contributed by atoms with Crippen LogP contribution in [0.25, 0.3) is 20.9 Å². The highest BCUT2D eigenvalue weighted by molar-refractivity contribution is 8.19. The molecule has 0 fully saturated rings. The van der Waals surface area contributed by atoms with Crippen LogP contribution in [0.1, 0.15) is 16.6 Å². The Kier molecular flexibility index (Phi) is 6.39. The second-order valence-corrected chi connectivity index (χ2v) is 8.44. The molecule has 33 heavy (non-hydrogen) atoms. The Morgan fingerprint density at radius 2 is 1.67 bits per heavy atom. The summed E-state index contributed by atoms with van der Waals surface area (Å²) in [4.78, 5) is 20.5. The lowest BCUT2D eigenvalue weighted by molar-refractivity contribution is 1.05. The Labute approximate surface area is 198 Å². The lowest BCUT2D eigenvalue weighted by atomic mass is 10.1. The summed E-state index contributed by atoms with van der Waals surface area (Å²) in [5, 5.41) is 20.4. The smallest absolute Gasteiger partial charge is 0.289 e. The van der Waals surface area contributed by atoms with Gasteiger partial charge in [-0.3, -0.25) is 4.85 Å². The number of hydrogen-bond acceptors (Lipinski definition) is 7. The lowest BCUT2D eigenvalue weighted by Crippen LogP contribution is -2.07. The molecule has 0 bridgehead atoms. The van der Waals surface area contributed by atoms with Gasteiger partial charge in [0.2, 0.25) is 0 Å². The maximum Gasteiger partial charge on any atom is 0.358 e. The molecule has 0 radical (unpaired) electrons. The lowest BCUT2D eigenvalue weighted by Gasteiger charge is -2.03. The Balaban J connectivity index is 1.90. The molecule has 0 saturated heterocycles. The summed E-state index contributed by atoms with van der Waals surface area (Å²) in [7, 11) is 0. The molecule has 9 heteroatoms. The van der Waals surface area contributed by atoms with Crippen molar-refractivity contribution in [2.45, 2.75) is 6.04 Å². The molecule has 4 rings (SSSR count). The van der Waals surface area contributed by atoms with Gasteiger partial charge in [0.15, 0.2) is 11.1 Å². The summed E-state index contributed by atoms with van der Waals surface area (Å²) < 4.78 is 0. The zero-order valence-electron chi connectivity index (χ0n) is 16.8. The number of rotatable bonds is 4. The van der Waals surface area contributed by atoms with Gasteiger partial charge in [-0.2, -0.15) is 5.26 Å². The Hall–Kier alpha value is -4.54. The first-order valence-electron chi connectivity index (χ1n) is 9.43. The molecule has 0 aliphatic carbocycles. The van der Waals surface area contributed by atoms with Crippen molar-refractivity contribution in [1.82, 2.24) is 4.98 Å². The summed E-state index contributed by atoms with van der Waals surface area (Å²) in [6.07, 6.45) is 0. The van der Waals surface area contributed by atoms with Crippen molar-refractivity contribution in [2.75, 3.05) is 0 Å². The molecular weight excluding hydrogens is 450 g/mol. The second kappa shape index (κ2) is 9.73. The number of thiazole rings is 1. The number of nitrogens with zero attached hydrogens (tertiary/aromatic N) is 7. The molecule has 2 heterocycles. The maximum atomic E-state index is 9.35. The number of aliphatic imine (C=N–C) groups is 2. The molecule has 1 aliphatic heterocycles. The van der Waals surface area contributed by atoms with E-state index in [2.05, 4.69) is 19.7 Å². The van der Waals surface area contributed by atoms with Gasteiger partial charge in [0.25, 0.3) is 5.70 Å². The molecule has 0 saturated carbocycles. The molecule has 0 amide bonds. The van der Waals surface area contributed by atoms with Gasteiger partial charge in [-0.25, -0.2) is 31.6 Å². The SMILES string of the molecule is [C-]#[N+]/C(C#N)=C1/N=C(c2ccccc2)C(=Nc2sc(C(C#N)[N+]#[C-])nc2-c2ccccc2)S1. The van der Waals surface area contributed by atoms with Crippen LogP contribution in [-0.4, -0.2) is 15.7 Å². The fourth-order valence-corrected chi connectivity index (χ4v) is 4.84. The van der Waals surface area contributed by atoms with Crippen LogP contribution < -0.4 is 0 Å². The van der Waals surface area contributed by atoms with Crippen molar-refractivity contribution in [3.05, 3.63) is 105 Å². The average Bonchev–Trinajstić information content (AvgIpc) is 3.47. The predicted octanol–water partition coefficient (Wildman–Crippen LogP) is 6.17. The fourth-order valence-electron chi connectivity index (χ4n) is 2.93. The average molecular weight is 462 g/mol. The van der Waals surface area contributed by atoms with Crippen LogP contribution in [-0.2, 0) is 0 Å². The van der Waals surface area contributed by atoms with Gasteiger partial charge in [-0.15, -0.1) is 0 Å². The largest absolute Gasteiger partial charge is 0.358 e. The highest BCUT2D eigenvalue weighted by atomic mass is 32.2. The van der Waals surface area contributed by atoms with Crippen molar-refractivity contribution < 1.29 is 0 Å². The molecule has 1 atom stereocenters. The molecule has 0 N–H and O–H groups in total. The number of nitriles is 2. The zero-order valence-corrected chi connectivity index (χ0v) is 18.4. The van der Waals surface area contributed by atoms with Crippen molar-refractivity contribution >= 4 is 38.9 Å². The van der Waals surface area contributed by atoms with Gasteiger partial charge >= 0.3 is 6.04 Å². The molecular formula is C24H11N7S2. The number of hydrogen-bond donors (Lipinski definition) is 0. The third-order valence-corrected chi connectivity index (χ3v) is 6.40. The van der Waals surface area contributed by atoms with E-state index in [0.29, 0.717) is 26.5 Å². The first-order valence-corrected chi connectivity index (χ1v) is 11.1. The number of thioether (sulfide) groups is 1. The quantitative estimate of drug-likeness (QED) is 0.343. The van der Waals surface area contributed by atoms with Gasteiger partial charge < -0.3 is 0 Å². The number of allylic oxidation sites excluding steroid dienone is 1. The van der Waals surface area contributed by atoms with E-state index >= 15 is 0 Å². The van der Waals surface area contributed by atoms with Crippen molar-refractivity contribution in [2.24, 2.45) is 9.98 Å². The topological polar surface area (TPSA) is 93.9 Å². The van der Waals surface area contributed by atoms with Crippen molar-refractivity contribution in [3.63, 3.8) is 0 Å². The van der Waals surface area contributed by atoms with Crippen LogP contribution in [0.2, 0.25) is 0 Å². The van der Waals surface area contributed by atoms with E-state index in [1.54, 1.807) is 0 Å². The van der Waals surface area contributed by atoms with E-state index in [-0.39, 0.29) is 10.7 Å². The molecule has 3 aromatic rings. The van der Waals surface area contributed by atoms with Crippen LogP contribution in [0, 0.1) is 35.8 Å². The van der Waals surface area contributed by atoms with Crippen LogP contribution in [0.5, 0.6) is 0 Å². The first kappa shape index (κ1) is 21.7. The molecule has 0 spiro atoms. The molecule has 1 aliphatic rings. The van der Waals surface area contributed by atoms with Crippen LogP contribution >= 0.6 is 23.1 Å². The zero-order chi connectivity index (χ0) is 23.2. The van der Waals surface area contributed by atoms with E-state index in [1.807, 2.05) is 72.8 Å². The summed E-state index contributed by atoms with van der Waals surface area (Å²) >= 11 is 2.31. The maximum absolute atomic E-state index is 9.35. The highest BCUT2D eigenvalue weighted by Gasteiger charge is 2.28. The minimum Gasteiger partial charge on any atom is -0.289 e. The minimum absolute atomic E-state index is 0.107. The van der Waals surface area contributed by atoms with Crippen molar-refractivity contribution in [1.29, 1.82) is 10.5 Å². The standard InChI is InChI=1S/C24H11N7S2/c1-27-17(13-25)21-29-19(15-9-5-3-6-10-15)23(32-21)31-24-20(16-11-7-4-8-12-16)30-22(33-24)18(14-26)28-2/h3-12,17H/b22-18-,31-24?. The molecule has 1 unspecified atom stereocenters. The van der Waals surface area contributed by atoms with Gasteiger partial charge in [0.1, 0.15) is 26.5 Å². The summed E-state index contributed by atoms with van der Waals surface area (Å²) in [6.45, 7) is 14.6. The normalized spacial score (nSPS) is 16.1. The monoisotopic (exact) mass is 461 g/mol. The number of benzene rings is 2. The minimum atomic E-state index is -1.02. The van der Waals surface area contributed by atoms with Crippen molar-refractivity contribution in [3.8, 4) is 23.4 Å². The van der Waals surface area contributed by atoms with Gasteiger partial charge in [0.05, 0.1) is 12.6 Å². The van der Waals surface area contributed by atoms with Gasteiger partial charge in [-0.05, 0) is 0 Å². The summed E-state index contributed by atoms with van der Waals surface area (Å²) in [6, 6.07) is 21.6. The first-order chi connectivity index (χ1) is 16.2. The number of aromatic nitrogens is 1. The highest BCUT2D eigenvalue weighted by Crippen LogP contribution is 2.41. The van der Waals surface area contributed by atoms with Gasteiger partial charge in [0, 0.05) is 11.1 Å². The van der Waals surface area contributed by atoms with Gasteiger partial charge in [-0.1, -0.05) is 83.8 Å². The van der Waals surface area contributed by atoms with E-state index in [1.165, 1.54) is 11.3 Å². The third-order valence-electron chi connectivity index (χ3n) is 4.44. The summed E-state index contributed by atoms with van der Waals surface area (Å²) in [5.74, 6) is 0. The predicted molar refractivity (Wildman–Crippen MR) is 129 cm³/mol. The molecule has 2 aromatic carbocycles. The molecule has 1 aromatic heterocycles. The Morgan fingerprint density at radius 3 is 2.24 bits per heavy atom. The molecule has 7 nitrogen and oxygen atoms in total. The van der Waals surface area contributed by atoms with E-state index in [0.717, 1.165) is 22.9 Å². The van der Waals surface area contributed by atoms with E-state index in [9.17, 15) is 10.5 Å². The second-order valence-electron chi connectivity index (χ2n) is 6.46. The Bertz CT molecular complexity index is 1440. The Morgan fingerprint density at radius 1 is 1.00 bits per heavy atom. The summed E-state index contributed by atoms with van der Waals surface area (Å²) in [5.41, 5.74) is 2.59.